The van der Waals surface area contributed by atoms with Crippen LogP contribution in [0.25, 0.3) is 0 Å². The monoisotopic (exact) mass is 473 g/mol. The number of hydrogen-bond donors (Lipinski definition) is 2. The number of nitrogens with one attached hydrogen (secondary N) is 2. The summed E-state index contributed by atoms with van der Waals surface area (Å²) in [5.41, 5.74) is 2.46. The summed E-state index contributed by atoms with van der Waals surface area (Å²) in [7, 11) is 3.06. The van der Waals surface area contributed by atoms with Gasteiger partial charge in [-0.1, -0.05) is 12.1 Å². The number of rotatable bonds is 5. The molecular weight excluding hydrogens is 454 g/mol. The Hall–Kier alpha value is -4.07. The minimum Gasteiger partial charge on any atom is -0.495 e. The maximum atomic E-state index is 14.8. The number of nitrogens with zero attached hydrogens (tertiary/aromatic N) is 3. The molecule has 2 N–H and O–H groups in total. The van der Waals surface area contributed by atoms with E-state index in [1.54, 1.807) is 25.2 Å². The van der Waals surface area contributed by atoms with Crippen molar-refractivity contribution in [1.82, 2.24) is 5.32 Å². The highest BCUT2D eigenvalue weighted by Crippen LogP contribution is 2.37. The normalized spacial score (nSPS) is 20.6. The number of allylic oxidation sites excluding steroid dienone is 1. The lowest BCUT2D eigenvalue weighted by Gasteiger charge is -2.28. The number of hydrogen-bond acceptors (Lipinski definition) is 6. The van der Waals surface area contributed by atoms with Crippen LogP contribution in [0.3, 0.4) is 0 Å². The number of aliphatic imine (C=N–C) groups is 2. The number of amidine groups is 1. The molecule has 2 atom stereocenters. The van der Waals surface area contributed by atoms with Crippen molar-refractivity contribution in [2.75, 3.05) is 19.5 Å². The molecular formula is C23H19F4N5O2. The largest absolute Gasteiger partial charge is 0.573 e. The van der Waals surface area contributed by atoms with E-state index in [4.69, 9.17) is 10.00 Å². The Kier molecular flexibility index (Phi) is 6.15. The van der Waals surface area contributed by atoms with Gasteiger partial charge < -0.3 is 20.1 Å². The van der Waals surface area contributed by atoms with Crippen LogP contribution in [-0.4, -0.2) is 38.4 Å². The molecule has 0 radical (unpaired) electrons. The van der Waals surface area contributed by atoms with Crippen LogP contribution in [0.2, 0.25) is 0 Å². The SMILES string of the molecule is CN=C1NC(Nc2ccc(C#N)c(OC)c2)N=C2C1=CCC2c1ccc(OC(F)(F)F)cc1F. The molecule has 176 valence electrons. The average Bonchev–Trinajstić information content (AvgIpc) is 3.21. The molecule has 7 nitrogen and oxygen atoms in total. The Balaban J connectivity index is 1.63. The predicted octanol–water partition coefficient (Wildman–Crippen LogP) is 4.49. The fourth-order valence-corrected chi connectivity index (χ4v) is 3.94. The van der Waals surface area contributed by atoms with Crippen LogP contribution >= 0.6 is 0 Å². The maximum Gasteiger partial charge on any atom is 0.573 e. The lowest BCUT2D eigenvalue weighted by atomic mass is 9.92. The molecule has 0 saturated carbocycles. The molecule has 0 bridgehead atoms. The van der Waals surface area contributed by atoms with E-state index in [1.807, 2.05) is 12.1 Å². The van der Waals surface area contributed by atoms with Gasteiger partial charge in [0, 0.05) is 36.4 Å². The predicted molar refractivity (Wildman–Crippen MR) is 118 cm³/mol. The van der Waals surface area contributed by atoms with Gasteiger partial charge in [-0.2, -0.15) is 5.26 Å². The molecule has 11 heteroatoms. The van der Waals surface area contributed by atoms with Gasteiger partial charge >= 0.3 is 6.36 Å². The van der Waals surface area contributed by atoms with Gasteiger partial charge in [-0.3, -0.25) is 4.99 Å². The molecule has 2 aliphatic rings. The van der Waals surface area contributed by atoms with Crippen LogP contribution in [0, 0.1) is 17.1 Å². The van der Waals surface area contributed by atoms with Crippen molar-refractivity contribution >= 4 is 17.2 Å². The summed E-state index contributed by atoms with van der Waals surface area (Å²) in [6.07, 6.45) is -3.31. The fraction of sp³-hybridized carbons (Fsp3) is 0.261. The summed E-state index contributed by atoms with van der Waals surface area (Å²) in [5.74, 6) is -1.02. The molecule has 0 saturated heterocycles. The summed E-state index contributed by atoms with van der Waals surface area (Å²) in [6.45, 7) is 0. The molecule has 0 spiro atoms. The van der Waals surface area contributed by atoms with Gasteiger partial charge in [0.1, 0.15) is 29.2 Å². The average molecular weight is 473 g/mol. The summed E-state index contributed by atoms with van der Waals surface area (Å²) in [6, 6.07) is 10.1. The van der Waals surface area contributed by atoms with E-state index in [-0.39, 0.29) is 5.56 Å². The number of methoxy groups -OCH3 is 1. The lowest BCUT2D eigenvalue weighted by Crippen LogP contribution is -2.46. The highest BCUT2D eigenvalue weighted by Gasteiger charge is 2.36. The smallest absolute Gasteiger partial charge is 0.495 e. The van der Waals surface area contributed by atoms with Gasteiger partial charge in [0.15, 0.2) is 6.29 Å². The highest BCUT2D eigenvalue weighted by molar-refractivity contribution is 6.28. The topological polar surface area (TPSA) is 91.0 Å². The van der Waals surface area contributed by atoms with Crippen LogP contribution in [0.5, 0.6) is 11.5 Å². The Morgan fingerprint density at radius 1 is 1.24 bits per heavy atom. The summed E-state index contributed by atoms with van der Waals surface area (Å²) >= 11 is 0. The Morgan fingerprint density at radius 3 is 2.68 bits per heavy atom. The van der Waals surface area contributed by atoms with Gasteiger partial charge in [0.25, 0.3) is 0 Å². The van der Waals surface area contributed by atoms with Crippen LogP contribution in [0.1, 0.15) is 23.5 Å². The first-order valence-electron chi connectivity index (χ1n) is 10.1. The standard InChI is InChI=1S/C23H19F4N5O2/c1-29-21-17-8-7-16(15-6-5-14(10-18(15)24)34-23(25,26)27)20(17)31-22(32-21)30-13-4-3-12(11-28)19(9-13)33-2/h3-6,8-10,16,22,30H,7H2,1-2H3,(H,29,32). The molecule has 1 aliphatic carbocycles. The van der Waals surface area contributed by atoms with E-state index in [0.29, 0.717) is 40.5 Å². The zero-order chi connectivity index (χ0) is 24.5. The van der Waals surface area contributed by atoms with Crippen LogP contribution in [0.15, 0.2) is 58.0 Å². The van der Waals surface area contributed by atoms with Crippen molar-refractivity contribution in [1.29, 1.82) is 5.26 Å². The molecule has 4 rings (SSSR count). The fourth-order valence-electron chi connectivity index (χ4n) is 3.94. The number of benzene rings is 2. The van der Waals surface area contributed by atoms with Crippen molar-refractivity contribution in [2.45, 2.75) is 25.0 Å². The minimum atomic E-state index is -4.91. The van der Waals surface area contributed by atoms with Crippen molar-refractivity contribution < 1.29 is 27.0 Å². The highest BCUT2D eigenvalue weighted by atomic mass is 19.4. The van der Waals surface area contributed by atoms with Crippen LogP contribution in [-0.2, 0) is 0 Å². The Labute approximate surface area is 192 Å². The van der Waals surface area contributed by atoms with Crippen molar-refractivity contribution in [3.05, 3.63) is 65.0 Å². The number of ether oxygens (including phenoxy) is 2. The Bertz CT molecular complexity index is 1250. The van der Waals surface area contributed by atoms with Crippen LogP contribution in [0.4, 0.5) is 23.2 Å². The summed E-state index contributed by atoms with van der Waals surface area (Å²) < 4.78 is 61.2. The second kappa shape index (κ2) is 9.05. The third kappa shape index (κ3) is 4.66. The van der Waals surface area contributed by atoms with Crippen molar-refractivity contribution in [3.8, 4) is 17.6 Å². The number of halogens is 4. The van der Waals surface area contributed by atoms with Crippen molar-refractivity contribution in [2.24, 2.45) is 9.98 Å². The summed E-state index contributed by atoms with van der Waals surface area (Å²) in [5, 5.41) is 15.5. The van der Waals surface area contributed by atoms with E-state index in [1.165, 1.54) is 13.2 Å². The lowest BCUT2D eigenvalue weighted by molar-refractivity contribution is -0.274. The van der Waals surface area contributed by atoms with Gasteiger partial charge in [0.2, 0.25) is 0 Å². The second-order valence-electron chi connectivity index (χ2n) is 7.44. The third-order valence-electron chi connectivity index (χ3n) is 5.39. The molecule has 1 aliphatic heterocycles. The minimum absolute atomic E-state index is 0.204. The quantitative estimate of drug-likeness (QED) is 0.625. The van der Waals surface area contributed by atoms with Gasteiger partial charge in [0.05, 0.1) is 18.4 Å². The zero-order valence-corrected chi connectivity index (χ0v) is 18.1. The van der Waals surface area contributed by atoms with E-state index in [0.717, 1.165) is 12.1 Å². The van der Waals surface area contributed by atoms with Crippen molar-refractivity contribution in [3.63, 3.8) is 0 Å². The molecule has 0 amide bonds. The molecule has 0 aromatic heterocycles. The Morgan fingerprint density at radius 2 is 2.03 bits per heavy atom. The number of alkyl halides is 3. The third-order valence-corrected chi connectivity index (χ3v) is 5.39. The second-order valence-corrected chi connectivity index (χ2v) is 7.44. The van der Waals surface area contributed by atoms with Gasteiger partial charge in [-0.25, -0.2) is 9.38 Å². The van der Waals surface area contributed by atoms with Gasteiger partial charge in [-0.15, -0.1) is 13.2 Å². The molecule has 2 aromatic carbocycles. The van der Waals surface area contributed by atoms with E-state index in [2.05, 4.69) is 25.4 Å². The number of fused-ring (bicyclic) bond motifs is 1. The zero-order valence-electron chi connectivity index (χ0n) is 18.1. The van der Waals surface area contributed by atoms with E-state index >= 15 is 0 Å². The molecule has 2 aromatic rings. The van der Waals surface area contributed by atoms with Gasteiger partial charge in [-0.05, 0) is 30.2 Å². The summed E-state index contributed by atoms with van der Waals surface area (Å²) in [4.78, 5) is 8.94. The number of nitriles is 1. The van der Waals surface area contributed by atoms with E-state index in [9.17, 15) is 17.6 Å². The number of anilines is 1. The molecule has 34 heavy (non-hydrogen) atoms. The maximum absolute atomic E-state index is 14.8. The molecule has 1 heterocycles. The first-order valence-corrected chi connectivity index (χ1v) is 10.1. The van der Waals surface area contributed by atoms with Crippen LogP contribution < -0.4 is 20.1 Å². The molecule has 0 fully saturated rings. The molecule has 2 unspecified atom stereocenters. The van der Waals surface area contributed by atoms with E-state index < -0.39 is 30.1 Å². The first-order chi connectivity index (χ1) is 16.2. The first kappa shape index (κ1) is 23.1.